The molecule has 2 heterocycles. The van der Waals surface area contributed by atoms with Crippen molar-refractivity contribution in [2.45, 2.75) is 32.7 Å². The maximum absolute atomic E-state index is 11.3. The van der Waals surface area contributed by atoms with Gasteiger partial charge in [-0.1, -0.05) is 37.3 Å². The molecule has 3 rings (SSSR count). The molecule has 0 amide bonds. The molecule has 2 atom stereocenters. The van der Waals surface area contributed by atoms with Crippen molar-refractivity contribution in [3.05, 3.63) is 52.0 Å². The van der Waals surface area contributed by atoms with Crippen LogP contribution in [-0.2, 0) is 24.2 Å². The molecule has 1 saturated heterocycles. The number of aryl methyl sites for hydroxylation is 2. The van der Waals surface area contributed by atoms with Crippen molar-refractivity contribution in [2.24, 2.45) is 11.8 Å². The first-order valence-corrected chi connectivity index (χ1v) is 9.40. The van der Waals surface area contributed by atoms with Gasteiger partial charge in [0.1, 0.15) is 0 Å². The van der Waals surface area contributed by atoms with Crippen molar-refractivity contribution >= 4 is 17.3 Å². The van der Waals surface area contributed by atoms with Gasteiger partial charge in [-0.15, -0.1) is 11.3 Å². The number of rotatable bonds is 6. The van der Waals surface area contributed by atoms with Crippen LogP contribution in [0.1, 0.15) is 29.6 Å². The minimum Gasteiger partial charge on any atom is -0.481 e. The van der Waals surface area contributed by atoms with E-state index in [0.717, 1.165) is 43.1 Å². The molecule has 4 nitrogen and oxygen atoms in total. The highest BCUT2D eigenvalue weighted by molar-refractivity contribution is 7.09. The third-order valence-corrected chi connectivity index (χ3v) is 5.50. The molecule has 0 spiro atoms. The topological polar surface area (TPSA) is 53.4 Å². The van der Waals surface area contributed by atoms with E-state index in [4.69, 9.17) is 4.98 Å². The van der Waals surface area contributed by atoms with Crippen molar-refractivity contribution in [3.8, 4) is 0 Å². The Morgan fingerprint density at radius 3 is 2.83 bits per heavy atom. The van der Waals surface area contributed by atoms with E-state index >= 15 is 0 Å². The van der Waals surface area contributed by atoms with Crippen molar-refractivity contribution in [1.29, 1.82) is 0 Å². The number of carbonyl (C=O) groups is 1. The highest BCUT2D eigenvalue weighted by Gasteiger charge is 2.29. The summed E-state index contributed by atoms with van der Waals surface area (Å²) in [6, 6.07) is 10.5. The number of hydrogen-bond acceptors (Lipinski definition) is 4. The molecule has 1 aromatic heterocycles. The number of benzene rings is 1. The lowest BCUT2D eigenvalue weighted by atomic mass is 9.90. The van der Waals surface area contributed by atoms with Crippen molar-refractivity contribution in [3.63, 3.8) is 0 Å². The van der Waals surface area contributed by atoms with Crippen LogP contribution >= 0.6 is 11.3 Å². The Hall–Kier alpha value is -1.72. The molecule has 2 unspecified atom stereocenters. The zero-order valence-corrected chi connectivity index (χ0v) is 14.8. The van der Waals surface area contributed by atoms with Crippen LogP contribution in [0.4, 0.5) is 0 Å². The smallest absolute Gasteiger partial charge is 0.307 e. The van der Waals surface area contributed by atoms with Gasteiger partial charge >= 0.3 is 5.97 Å². The van der Waals surface area contributed by atoms with Crippen LogP contribution in [0.5, 0.6) is 0 Å². The molecule has 1 fully saturated rings. The summed E-state index contributed by atoms with van der Waals surface area (Å²) in [6.07, 6.45) is 2.75. The molecular formula is C19H24N2O2S. The van der Waals surface area contributed by atoms with Gasteiger partial charge in [-0.2, -0.15) is 0 Å². The SMILES string of the molecule is CC1CC(C(=O)O)CN(Cc2csc(CCc3ccccc3)n2)C1. The number of carboxylic acid groups (broad SMARTS) is 1. The summed E-state index contributed by atoms with van der Waals surface area (Å²) >= 11 is 1.71. The van der Waals surface area contributed by atoms with Crippen LogP contribution in [0.3, 0.4) is 0 Å². The minimum atomic E-state index is -0.673. The van der Waals surface area contributed by atoms with E-state index in [1.54, 1.807) is 11.3 Å². The molecule has 128 valence electrons. The average Bonchev–Trinajstić information content (AvgIpc) is 3.01. The minimum absolute atomic E-state index is 0.245. The predicted molar refractivity (Wildman–Crippen MR) is 96.1 cm³/mol. The summed E-state index contributed by atoms with van der Waals surface area (Å²) in [4.78, 5) is 18.3. The van der Waals surface area contributed by atoms with Crippen LogP contribution in [-0.4, -0.2) is 34.0 Å². The first kappa shape index (κ1) is 17.1. The van der Waals surface area contributed by atoms with E-state index in [0.29, 0.717) is 12.5 Å². The predicted octanol–water partition coefficient (Wildman–Crippen LogP) is 3.47. The number of aromatic nitrogens is 1. The Morgan fingerprint density at radius 2 is 2.08 bits per heavy atom. The molecule has 1 aromatic carbocycles. The molecule has 1 aliphatic heterocycles. The second kappa shape index (κ2) is 7.90. The highest BCUT2D eigenvalue weighted by Crippen LogP contribution is 2.24. The Morgan fingerprint density at radius 1 is 1.29 bits per heavy atom. The maximum Gasteiger partial charge on any atom is 0.307 e. The van der Waals surface area contributed by atoms with Crippen LogP contribution in [0.2, 0.25) is 0 Å². The van der Waals surface area contributed by atoms with Gasteiger partial charge < -0.3 is 5.11 Å². The van der Waals surface area contributed by atoms with Crippen LogP contribution in [0.15, 0.2) is 35.7 Å². The molecule has 5 heteroatoms. The standard InChI is InChI=1S/C19H24N2O2S/c1-14-9-16(19(22)23)11-21(10-14)12-17-13-24-18(20-17)8-7-15-5-3-2-4-6-15/h2-6,13-14,16H,7-12H2,1H3,(H,22,23). The Kier molecular flexibility index (Phi) is 5.63. The fourth-order valence-corrected chi connectivity index (χ4v) is 4.22. The van der Waals surface area contributed by atoms with Crippen LogP contribution in [0, 0.1) is 11.8 Å². The zero-order valence-electron chi connectivity index (χ0n) is 14.0. The first-order chi connectivity index (χ1) is 11.6. The van der Waals surface area contributed by atoms with Gasteiger partial charge in [-0.3, -0.25) is 9.69 Å². The molecule has 0 bridgehead atoms. The van der Waals surface area contributed by atoms with Gasteiger partial charge in [0.15, 0.2) is 0 Å². The van der Waals surface area contributed by atoms with Gasteiger partial charge in [-0.25, -0.2) is 4.98 Å². The van der Waals surface area contributed by atoms with E-state index in [9.17, 15) is 9.90 Å². The molecule has 24 heavy (non-hydrogen) atoms. The molecule has 1 N–H and O–H groups in total. The Bertz CT molecular complexity index is 671. The number of likely N-dealkylation sites (tertiary alicyclic amines) is 1. The van der Waals surface area contributed by atoms with E-state index in [1.807, 2.05) is 6.07 Å². The Balaban J connectivity index is 1.54. The summed E-state index contributed by atoms with van der Waals surface area (Å²) in [5.41, 5.74) is 2.41. The van der Waals surface area contributed by atoms with Crippen molar-refractivity contribution in [2.75, 3.05) is 13.1 Å². The highest BCUT2D eigenvalue weighted by atomic mass is 32.1. The number of carboxylic acids is 1. The molecule has 0 aliphatic carbocycles. The summed E-state index contributed by atoms with van der Waals surface area (Å²) in [6.45, 7) is 4.49. The lowest BCUT2D eigenvalue weighted by Crippen LogP contribution is -2.42. The van der Waals surface area contributed by atoms with Gasteiger partial charge in [0.05, 0.1) is 16.6 Å². The monoisotopic (exact) mass is 344 g/mol. The summed E-state index contributed by atoms with van der Waals surface area (Å²) in [5.74, 6) is -0.491. The largest absolute Gasteiger partial charge is 0.481 e. The molecular weight excluding hydrogens is 320 g/mol. The van der Waals surface area contributed by atoms with Gasteiger partial charge in [0, 0.05) is 31.4 Å². The van der Waals surface area contributed by atoms with Gasteiger partial charge in [0.25, 0.3) is 0 Å². The van der Waals surface area contributed by atoms with E-state index < -0.39 is 5.97 Å². The van der Waals surface area contributed by atoms with E-state index in [-0.39, 0.29) is 5.92 Å². The van der Waals surface area contributed by atoms with Crippen LogP contribution < -0.4 is 0 Å². The van der Waals surface area contributed by atoms with Crippen LogP contribution in [0.25, 0.3) is 0 Å². The zero-order chi connectivity index (χ0) is 16.9. The third-order valence-electron chi connectivity index (χ3n) is 4.54. The van der Waals surface area contributed by atoms with Gasteiger partial charge in [0.2, 0.25) is 0 Å². The average molecular weight is 344 g/mol. The van der Waals surface area contributed by atoms with E-state index in [2.05, 4.69) is 41.5 Å². The Labute approximate surface area is 147 Å². The fourth-order valence-electron chi connectivity index (χ4n) is 3.43. The first-order valence-electron chi connectivity index (χ1n) is 8.52. The summed E-state index contributed by atoms with van der Waals surface area (Å²) in [7, 11) is 0. The fraction of sp³-hybridized carbons (Fsp3) is 0.474. The number of nitrogens with zero attached hydrogens (tertiary/aromatic N) is 2. The second-order valence-electron chi connectivity index (χ2n) is 6.79. The van der Waals surface area contributed by atoms with E-state index in [1.165, 1.54) is 5.56 Å². The molecule has 0 saturated carbocycles. The van der Waals surface area contributed by atoms with Crippen molar-refractivity contribution < 1.29 is 9.90 Å². The summed E-state index contributed by atoms with van der Waals surface area (Å²) in [5, 5.41) is 12.6. The van der Waals surface area contributed by atoms with Gasteiger partial charge in [-0.05, 0) is 24.3 Å². The third kappa shape index (κ3) is 4.65. The lowest BCUT2D eigenvalue weighted by molar-refractivity contribution is -0.144. The quantitative estimate of drug-likeness (QED) is 0.872. The second-order valence-corrected chi connectivity index (χ2v) is 7.73. The van der Waals surface area contributed by atoms with Crippen molar-refractivity contribution in [1.82, 2.24) is 9.88 Å². The number of hydrogen-bond donors (Lipinski definition) is 1. The molecule has 1 aliphatic rings. The molecule has 2 aromatic rings. The molecule has 0 radical (unpaired) electrons. The number of aliphatic carboxylic acids is 1. The lowest BCUT2D eigenvalue weighted by Gasteiger charge is -2.34. The number of piperidine rings is 1. The number of thiazole rings is 1. The summed E-state index contributed by atoms with van der Waals surface area (Å²) < 4.78 is 0. The maximum atomic E-state index is 11.3. The normalized spacial score (nSPS) is 21.7.